The van der Waals surface area contributed by atoms with Crippen molar-refractivity contribution in [3.8, 4) is 5.75 Å². The summed E-state index contributed by atoms with van der Waals surface area (Å²) in [6.07, 6.45) is 0. The fourth-order valence-corrected chi connectivity index (χ4v) is 1.66. The number of nitrogens with two attached hydrogens (primary N) is 1. The normalized spacial score (nSPS) is 10.5. The van der Waals surface area contributed by atoms with Crippen LogP contribution in [0.5, 0.6) is 5.75 Å². The first-order chi connectivity index (χ1) is 9.15. The van der Waals surface area contributed by atoms with Gasteiger partial charge < -0.3 is 20.7 Å². The lowest BCUT2D eigenvalue weighted by Crippen LogP contribution is -2.36. The summed E-state index contributed by atoms with van der Waals surface area (Å²) in [5.74, 6) is 0.539. The minimum absolute atomic E-state index is 0.0299. The van der Waals surface area contributed by atoms with E-state index in [0.717, 1.165) is 19.6 Å². The summed E-state index contributed by atoms with van der Waals surface area (Å²) in [7, 11) is 0. The third-order valence-electron chi connectivity index (χ3n) is 2.89. The fraction of sp³-hybridized carbons (Fsp3) is 0.500. The van der Waals surface area contributed by atoms with Gasteiger partial charge in [-0.3, -0.25) is 4.79 Å². The van der Waals surface area contributed by atoms with Gasteiger partial charge in [-0.05, 0) is 37.4 Å². The van der Waals surface area contributed by atoms with Crippen molar-refractivity contribution >= 4 is 11.6 Å². The second kappa shape index (κ2) is 8.37. The molecule has 0 saturated heterocycles. The molecule has 0 aliphatic heterocycles. The SMILES string of the molecule is CCN(CC)CCNC(=O)COc1ccc(N)cc1. The molecule has 0 fully saturated rings. The molecule has 0 unspecified atom stereocenters. The Morgan fingerprint density at radius 1 is 1.26 bits per heavy atom. The highest BCUT2D eigenvalue weighted by molar-refractivity contribution is 5.77. The van der Waals surface area contributed by atoms with Crippen LogP contribution in [0.3, 0.4) is 0 Å². The first-order valence-electron chi connectivity index (χ1n) is 6.63. The highest BCUT2D eigenvalue weighted by Crippen LogP contribution is 2.12. The number of nitrogen functional groups attached to an aromatic ring is 1. The highest BCUT2D eigenvalue weighted by Gasteiger charge is 2.03. The molecule has 0 aliphatic carbocycles. The second-order valence-corrected chi connectivity index (χ2v) is 4.23. The van der Waals surface area contributed by atoms with Gasteiger partial charge in [0.15, 0.2) is 6.61 Å². The Labute approximate surface area is 114 Å². The van der Waals surface area contributed by atoms with E-state index in [1.807, 2.05) is 0 Å². The molecule has 0 saturated carbocycles. The Morgan fingerprint density at radius 3 is 2.47 bits per heavy atom. The van der Waals surface area contributed by atoms with Gasteiger partial charge in [0.1, 0.15) is 5.75 Å². The predicted molar refractivity (Wildman–Crippen MR) is 77.1 cm³/mol. The summed E-state index contributed by atoms with van der Waals surface area (Å²) in [4.78, 5) is 13.8. The number of rotatable bonds is 8. The van der Waals surface area contributed by atoms with Crippen LogP contribution < -0.4 is 15.8 Å². The van der Waals surface area contributed by atoms with E-state index in [-0.39, 0.29) is 12.5 Å². The van der Waals surface area contributed by atoms with Crippen molar-refractivity contribution in [3.63, 3.8) is 0 Å². The number of amides is 1. The monoisotopic (exact) mass is 265 g/mol. The molecule has 1 aromatic rings. The number of hydrogen-bond acceptors (Lipinski definition) is 4. The molecule has 0 atom stereocenters. The van der Waals surface area contributed by atoms with Crippen LogP contribution in [0.2, 0.25) is 0 Å². The number of anilines is 1. The van der Waals surface area contributed by atoms with Crippen LogP contribution in [0.15, 0.2) is 24.3 Å². The average molecular weight is 265 g/mol. The molecule has 1 aromatic carbocycles. The maximum atomic E-state index is 11.6. The maximum Gasteiger partial charge on any atom is 0.257 e. The van der Waals surface area contributed by atoms with E-state index in [4.69, 9.17) is 10.5 Å². The van der Waals surface area contributed by atoms with E-state index in [0.29, 0.717) is 18.0 Å². The number of benzene rings is 1. The standard InChI is InChI=1S/C14H23N3O2/c1-3-17(4-2)10-9-16-14(18)11-19-13-7-5-12(15)6-8-13/h5-8H,3-4,9-11,15H2,1-2H3,(H,16,18). The summed E-state index contributed by atoms with van der Waals surface area (Å²) in [6.45, 7) is 7.74. The lowest BCUT2D eigenvalue weighted by atomic mass is 10.3. The minimum Gasteiger partial charge on any atom is -0.484 e. The minimum atomic E-state index is -0.107. The second-order valence-electron chi connectivity index (χ2n) is 4.23. The first-order valence-corrected chi connectivity index (χ1v) is 6.63. The van der Waals surface area contributed by atoms with Gasteiger partial charge in [-0.1, -0.05) is 13.8 Å². The molecule has 19 heavy (non-hydrogen) atoms. The molecule has 0 radical (unpaired) electrons. The number of hydrogen-bond donors (Lipinski definition) is 2. The lowest BCUT2D eigenvalue weighted by molar-refractivity contribution is -0.123. The van der Waals surface area contributed by atoms with Crippen LogP contribution in [0.4, 0.5) is 5.69 Å². The molecule has 3 N–H and O–H groups in total. The van der Waals surface area contributed by atoms with Gasteiger partial charge in [0.2, 0.25) is 0 Å². The van der Waals surface area contributed by atoms with Gasteiger partial charge in [-0.25, -0.2) is 0 Å². The van der Waals surface area contributed by atoms with Gasteiger partial charge in [0.05, 0.1) is 0 Å². The van der Waals surface area contributed by atoms with Crippen molar-refractivity contribution in [2.75, 3.05) is 38.5 Å². The number of likely N-dealkylation sites (N-methyl/N-ethyl adjacent to an activating group) is 1. The number of nitrogens with one attached hydrogen (secondary N) is 1. The van der Waals surface area contributed by atoms with Gasteiger partial charge in [0.25, 0.3) is 5.91 Å². The van der Waals surface area contributed by atoms with E-state index in [1.165, 1.54) is 0 Å². The third-order valence-corrected chi connectivity index (χ3v) is 2.89. The first kappa shape index (κ1) is 15.3. The quantitative estimate of drug-likeness (QED) is 0.691. The van der Waals surface area contributed by atoms with E-state index in [2.05, 4.69) is 24.1 Å². The zero-order valence-electron chi connectivity index (χ0n) is 11.7. The third kappa shape index (κ3) is 6.10. The molecule has 1 amide bonds. The Balaban J connectivity index is 2.19. The van der Waals surface area contributed by atoms with Crippen LogP contribution in [-0.2, 0) is 4.79 Å². The molecule has 0 heterocycles. The lowest BCUT2D eigenvalue weighted by Gasteiger charge is -2.17. The largest absolute Gasteiger partial charge is 0.484 e. The van der Waals surface area contributed by atoms with E-state index >= 15 is 0 Å². The van der Waals surface area contributed by atoms with Crippen molar-refractivity contribution in [1.29, 1.82) is 0 Å². The fourth-order valence-electron chi connectivity index (χ4n) is 1.66. The van der Waals surface area contributed by atoms with Crippen molar-refractivity contribution < 1.29 is 9.53 Å². The molecule has 0 aliphatic rings. The summed E-state index contributed by atoms with van der Waals surface area (Å²) < 4.78 is 5.35. The molecular formula is C14H23N3O2. The van der Waals surface area contributed by atoms with Crippen molar-refractivity contribution in [2.24, 2.45) is 0 Å². The average Bonchev–Trinajstić information content (AvgIpc) is 2.43. The van der Waals surface area contributed by atoms with Crippen LogP contribution >= 0.6 is 0 Å². The Hall–Kier alpha value is -1.75. The summed E-state index contributed by atoms with van der Waals surface area (Å²) in [6, 6.07) is 6.98. The van der Waals surface area contributed by atoms with Crippen molar-refractivity contribution in [3.05, 3.63) is 24.3 Å². The number of carbonyl (C=O) groups excluding carboxylic acids is 1. The topological polar surface area (TPSA) is 67.6 Å². The van der Waals surface area contributed by atoms with Crippen LogP contribution in [0, 0.1) is 0 Å². The van der Waals surface area contributed by atoms with Gasteiger partial charge in [-0.2, -0.15) is 0 Å². The van der Waals surface area contributed by atoms with Crippen molar-refractivity contribution in [1.82, 2.24) is 10.2 Å². The molecule has 106 valence electrons. The Kier molecular flexibility index (Phi) is 6.74. The number of nitrogens with zero attached hydrogens (tertiary/aromatic N) is 1. The van der Waals surface area contributed by atoms with Crippen molar-refractivity contribution in [2.45, 2.75) is 13.8 Å². The maximum absolute atomic E-state index is 11.6. The molecule has 1 rings (SSSR count). The van der Waals surface area contributed by atoms with Crippen LogP contribution in [0.1, 0.15) is 13.8 Å². The number of carbonyl (C=O) groups is 1. The number of ether oxygens (including phenoxy) is 1. The van der Waals surface area contributed by atoms with Gasteiger partial charge >= 0.3 is 0 Å². The zero-order valence-corrected chi connectivity index (χ0v) is 11.7. The highest BCUT2D eigenvalue weighted by atomic mass is 16.5. The summed E-state index contributed by atoms with van der Waals surface area (Å²) >= 11 is 0. The van der Waals surface area contributed by atoms with Gasteiger partial charge in [0, 0.05) is 18.8 Å². The zero-order chi connectivity index (χ0) is 14.1. The molecule has 0 bridgehead atoms. The molecule has 0 spiro atoms. The van der Waals surface area contributed by atoms with E-state index < -0.39 is 0 Å². The smallest absolute Gasteiger partial charge is 0.257 e. The van der Waals surface area contributed by atoms with Crippen LogP contribution in [-0.4, -0.2) is 43.6 Å². The molecule has 0 aromatic heterocycles. The van der Waals surface area contributed by atoms with E-state index in [1.54, 1.807) is 24.3 Å². The predicted octanol–water partition coefficient (Wildman–Crippen LogP) is 1.11. The molecule has 5 nitrogen and oxygen atoms in total. The van der Waals surface area contributed by atoms with Gasteiger partial charge in [-0.15, -0.1) is 0 Å². The molecule has 5 heteroatoms. The Bertz CT molecular complexity index is 375. The summed E-state index contributed by atoms with van der Waals surface area (Å²) in [5, 5.41) is 2.83. The Morgan fingerprint density at radius 2 is 1.89 bits per heavy atom. The van der Waals surface area contributed by atoms with E-state index in [9.17, 15) is 4.79 Å². The van der Waals surface area contributed by atoms with Crippen LogP contribution in [0.25, 0.3) is 0 Å². The molecular weight excluding hydrogens is 242 g/mol. The summed E-state index contributed by atoms with van der Waals surface area (Å²) in [5.41, 5.74) is 6.24.